The highest BCUT2D eigenvalue weighted by atomic mass is 16.5. The van der Waals surface area contributed by atoms with Crippen LogP contribution in [0, 0.1) is 11.8 Å². The number of aliphatic carboxylic acids is 1. The van der Waals surface area contributed by atoms with Crippen molar-refractivity contribution in [1.82, 2.24) is 0 Å². The van der Waals surface area contributed by atoms with E-state index in [0.717, 1.165) is 11.1 Å². The molecule has 8 heteroatoms. The van der Waals surface area contributed by atoms with Gasteiger partial charge in [-0.25, -0.2) is 9.59 Å². The van der Waals surface area contributed by atoms with Crippen LogP contribution >= 0.6 is 0 Å². The van der Waals surface area contributed by atoms with Crippen molar-refractivity contribution < 1.29 is 33.8 Å². The molecule has 1 N–H and O–H groups in total. The van der Waals surface area contributed by atoms with Crippen molar-refractivity contribution >= 4 is 29.5 Å². The van der Waals surface area contributed by atoms with Crippen LogP contribution in [0.1, 0.15) is 61.3 Å². The van der Waals surface area contributed by atoms with Crippen LogP contribution in [0.3, 0.4) is 0 Å². The number of anilines is 1. The molecule has 1 aromatic rings. The van der Waals surface area contributed by atoms with Gasteiger partial charge in [-0.05, 0) is 58.7 Å². The lowest BCUT2D eigenvalue weighted by molar-refractivity contribution is -0.313. The minimum absolute atomic E-state index is 0.0738. The summed E-state index contributed by atoms with van der Waals surface area (Å²) < 4.78 is 9.95. The van der Waals surface area contributed by atoms with Crippen LogP contribution in [0.4, 0.5) is 5.69 Å². The SMILES string of the molecule is CCOC(=O)c1cc(NC(=O)[C@@H]2CC(C)=C(C)C[C@@H]2C(=O)[O-])cc(C(=O)OCC)c1. The zero-order valence-electron chi connectivity index (χ0n) is 17.6. The standard InChI is InChI=1S/C22H27NO7/c1-5-29-21(27)14-9-15(22(28)30-6-2)11-16(10-14)23-19(24)17-7-12(3)13(4)8-18(17)20(25)26/h9-11,17-18H,5-8H2,1-4H3,(H,23,24)(H,25,26)/p-1/t17-,18+/m1/s1. The Morgan fingerprint density at radius 3 is 1.80 bits per heavy atom. The number of hydrogen-bond donors (Lipinski definition) is 1. The van der Waals surface area contributed by atoms with Gasteiger partial charge in [-0.15, -0.1) is 0 Å². The van der Waals surface area contributed by atoms with Crippen LogP contribution in [0.5, 0.6) is 0 Å². The third-order valence-corrected chi connectivity index (χ3v) is 5.13. The molecule has 1 aliphatic rings. The number of carbonyl (C=O) groups excluding carboxylic acids is 4. The predicted octanol–water partition coefficient (Wildman–Crippen LogP) is 2.09. The van der Waals surface area contributed by atoms with E-state index in [4.69, 9.17) is 9.47 Å². The number of carbonyl (C=O) groups is 4. The van der Waals surface area contributed by atoms with Gasteiger partial charge in [-0.1, -0.05) is 11.1 Å². The second-order valence-electron chi connectivity index (χ2n) is 7.23. The van der Waals surface area contributed by atoms with Crippen LogP contribution in [-0.4, -0.2) is 37.0 Å². The molecule has 1 amide bonds. The normalized spacial score (nSPS) is 18.5. The molecule has 0 spiro atoms. The highest BCUT2D eigenvalue weighted by molar-refractivity contribution is 6.00. The van der Waals surface area contributed by atoms with Crippen LogP contribution in [0.25, 0.3) is 0 Å². The molecule has 1 aliphatic carbocycles. The summed E-state index contributed by atoms with van der Waals surface area (Å²) in [5, 5.41) is 14.2. The molecule has 162 valence electrons. The molecule has 0 unspecified atom stereocenters. The summed E-state index contributed by atoms with van der Waals surface area (Å²) in [7, 11) is 0. The molecule has 0 saturated carbocycles. The van der Waals surface area contributed by atoms with E-state index in [1.165, 1.54) is 18.2 Å². The Labute approximate surface area is 175 Å². The molecular weight excluding hydrogens is 390 g/mol. The maximum atomic E-state index is 12.9. The third kappa shape index (κ3) is 5.46. The average Bonchev–Trinajstić information content (AvgIpc) is 2.69. The van der Waals surface area contributed by atoms with Gasteiger partial charge in [0.1, 0.15) is 0 Å². The van der Waals surface area contributed by atoms with Gasteiger partial charge in [-0.2, -0.15) is 0 Å². The number of nitrogens with one attached hydrogen (secondary N) is 1. The van der Waals surface area contributed by atoms with Crippen molar-refractivity contribution in [3.05, 3.63) is 40.5 Å². The molecule has 8 nitrogen and oxygen atoms in total. The van der Waals surface area contributed by atoms with Gasteiger partial charge in [0.25, 0.3) is 0 Å². The Hall–Kier alpha value is -3.16. The number of esters is 2. The molecule has 0 bridgehead atoms. The molecule has 0 radical (unpaired) electrons. The molecule has 2 rings (SSSR count). The third-order valence-electron chi connectivity index (χ3n) is 5.13. The van der Waals surface area contributed by atoms with Crippen molar-refractivity contribution in [1.29, 1.82) is 0 Å². The van der Waals surface area contributed by atoms with Gasteiger partial charge in [0, 0.05) is 17.6 Å². The first kappa shape index (κ1) is 23.1. The first-order chi connectivity index (χ1) is 14.2. The number of benzene rings is 1. The largest absolute Gasteiger partial charge is 0.550 e. The van der Waals surface area contributed by atoms with E-state index < -0.39 is 35.7 Å². The van der Waals surface area contributed by atoms with Crippen molar-refractivity contribution in [2.45, 2.75) is 40.5 Å². The van der Waals surface area contributed by atoms with E-state index in [1.54, 1.807) is 13.8 Å². The van der Waals surface area contributed by atoms with Crippen LogP contribution in [0.15, 0.2) is 29.3 Å². The van der Waals surface area contributed by atoms with E-state index >= 15 is 0 Å². The van der Waals surface area contributed by atoms with E-state index in [2.05, 4.69) is 5.32 Å². The monoisotopic (exact) mass is 416 g/mol. The fourth-order valence-corrected chi connectivity index (χ4v) is 3.42. The molecule has 1 aromatic carbocycles. The molecule has 0 heterocycles. The minimum atomic E-state index is -1.28. The molecule has 0 saturated heterocycles. The van der Waals surface area contributed by atoms with Gasteiger partial charge >= 0.3 is 11.9 Å². The maximum Gasteiger partial charge on any atom is 0.338 e. The maximum absolute atomic E-state index is 12.9. The van der Waals surface area contributed by atoms with E-state index in [1.807, 2.05) is 13.8 Å². The highest BCUT2D eigenvalue weighted by Crippen LogP contribution is 2.34. The Balaban J connectivity index is 2.35. The Morgan fingerprint density at radius 1 is 0.900 bits per heavy atom. The van der Waals surface area contributed by atoms with Crippen LogP contribution < -0.4 is 10.4 Å². The number of amides is 1. The fourth-order valence-electron chi connectivity index (χ4n) is 3.42. The van der Waals surface area contributed by atoms with Crippen molar-refractivity contribution in [2.75, 3.05) is 18.5 Å². The minimum Gasteiger partial charge on any atom is -0.550 e. The molecule has 0 aromatic heterocycles. The Bertz CT molecular complexity index is 851. The number of carboxylic acids is 1. The summed E-state index contributed by atoms with van der Waals surface area (Å²) >= 11 is 0. The molecule has 2 atom stereocenters. The highest BCUT2D eigenvalue weighted by Gasteiger charge is 2.33. The first-order valence-electron chi connectivity index (χ1n) is 9.84. The zero-order chi connectivity index (χ0) is 22.4. The molecule has 30 heavy (non-hydrogen) atoms. The number of hydrogen-bond acceptors (Lipinski definition) is 7. The summed E-state index contributed by atoms with van der Waals surface area (Å²) in [4.78, 5) is 48.8. The fraction of sp³-hybridized carbons (Fsp3) is 0.455. The van der Waals surface area contributed by atoms with Crippen molar-refractivity contribution in [3.8, 4) is 0 Å². The summed E-state index contributed by atoms with van der Waals surface area (Å²) in [6, 6.07) is 4.08. The van der Waals surface area contributed by atoms with Crippen LogP contribution in [-0.2, 0) is 19.1 Å². The first-order valence-corrected chi connectivity index (χ1v) is 9.84. The zero-order valence-corrected chi connectivity index (χ0v) is 17.6. The number of rotatable bonds is 7. The van der Waals surface area contributed by atoms with Gasteiger partial charge in [0.2, 0.25) is 5.91 Å². The summed E-state index contributed by atoms with van der Waals surface area (Å²) in [6.45, 7) is 7.29. The number of ether oxygens (including phenoxy) is 2. The van der Waals surface area contributed by atoms with Crippen molar-refractivity contribution in [3.63, 3.8) is 0 Å². The van der Waals surface area contributed by atoms with Gasteiger partial charge < -0.3 is 24.7 Å². The number of carboxylic acid groups (broad SMARTS) is 1. The van der Waals surface area contributed by atoms with Crippen molar-refractivity contribution in [2.24, 2.45) is 11.8 Å². The smallest absolute Gasteiger partial charge is 0.338 e. The van der Waals surface area contributed by atoms with Gasteiger partial charge in [0.15, 0.2) is 0 Å². The van der Waals surface area contributed by atoms with E-state index in [0.29, 0.717) is 6.42 Å². The van der Waals surface area contributed by atoms with Crippen LogP contribution in [0.2, 0.25) is 0 Å². The topological polar surface area (TPSA) is 122 Å². The second-order valence-corrected chi connectivity index (χ2v) is 7.23. The Kier molecular flexibility index (Phi) is 7.74. The molecule has 0 aliphatic heterocycles. The molecule has 0 fully saturated rings. The summed E-state index contributed by atoms with van der Waals surface area (Å²) in [6.07, 6.45) is 0.530. The predicted molar refractivity (Wildman–Crippen MR) is 107 cm³/mol. The van der Waals surface area contributed by atoms with E-state index in [9.17, 15) is 24.3 Å². The summed E-state index contributed by atoms with van der Waals surface area (Å²) in [5.74, 6) is -4.89. The number of allylic oxidation sites excluding steroid dienone is 2. The molecular formula is C22H26NO7-. The lowest BCUT2D eigenvalue weighted by Gasteiger charge is -2.32. The van der Waals surface area contributed by atoms with E-state index in [-0.39, 0.29) is 36.4 Å². The quantitative estimate of drug-likeness (QED) is 0.533. The Morgan fingerprint density at radius 2 is 1.37 bits per heavy atom. The average molecular weight is 416 g/mol. The van der Waals surface area contributed by atoms with Gasteiger partial charge in [0.05, 0.1) is 30.3 Å². The lowest BCUT2D eigenvalue weighted by atomic mass is 9.76. The summed E-state index contributed by atoms with van der Waals surface area (Å²) in [5.41, 5.74) is 2.21. The van der Waals surface area contributed by atoms with Gasteiger partial charge in [-0.3, -0.25) is 4.79 Å². The second kappa shape index (κ2) is 10.0. The lowest BCUT2D eigenvalue weighted by Crippen LogP contribution is -2.42.